The molecule has 95 heavy (non-hydrogen) atoms. The van der Waals surface area contributed by atoms with Gasteiger partial charge in [-0.3, -0.25) is 52.7 Å². The first-order chi connectivity index (χ1) is 45.0. The monoisotopic (exact) mass is 1360 g/mol. The highest BCUT2D eigenvalue weighted by molar-refractivity contribution is 6.20. The average Bonchev–Trinajstić information content (AvgIpc) is 1.75. The molecule has 0 radical (unpaired) electrons. The lowest BCUT2D eigenvalue weighted by Crippen LogP contribution is -2.65. The lowest BCUT2D eigenvalue weighted by Gasteiger charge is -2.42. The van der Waals surface area contributed by atoms with Crippen LogP contribution in [0.5, 0.6) is 0 Å². The van der Waals surface area contributed by atoms with Crippen LogP contribution in [0.4, 0.5) is 13.2 Å². The summed E-state index contributed by atoms with van der Waals surface area (Å²) in [4.78, 5) is 173. The van der Waals surface area contributed by atoms with Gasteiger partial charge < -0.3 is 55.1 Å². The number of carbonyl (C=O) groups is 11. The van der Waals surface area contributed by atoms with E-state index in [4.69, 9.17) is 11.6 Å². The average molecular weight is 1360 g/mol. The molecule has 5 saturated carbocycles. The topological polar surface area (TPSA) is 250 Å². The zero-order valence-electron chi connectivity index (χ0n) is 58.1. The highest BCUT2D eigenvalue weighted by Gasteiger charge is 2.52. The van der Waals surface area contributed by atoms with Crippen LogP contribution in [0.1, 0.15) is 200 Å². The zero-order valence-corrected chi connectivity index (χ0v) is 58.9. The molecule has 11 amide bonds. The Balaban J connectivity index is 1.23. The van der Waals surface area contributed by atoms with Crippen molar-refractivity contribution >= 4 is 76.6 Å². The molecule has 26 heteroatoms. The summed E-state index contributed by atoms with van der Waals surface area (Å²) in [5.41, 5.74) is -1.47. The van der Waals surface area contributed by atoms with Gasteiger partial charge in [-0.15, -0.1) is 11.6 Å². The second-order valence-electron chi connectivity index (χ2n) is 29.5. The molecule has 5 aliphatic carbocycles. The van der Waals surface area contributed by atoms with Gasteiger partial charge in [0.2, 0.25) is 65.0 Å². The third kappa shape index (κ3) is 19.8. The minimum atomic E-state index is -4.49. The lowest BCUT2D eigenvalue weighted by molar-refractivity contribution is -0.182. The Bertz CT molecular complexity index is 2700. The van der Waals surface area contributed by atoms with Crippen molar-refractivity contribution in [3.8, 4) is 0 Å². The summed E-state index contributed by atoms with van der Waals surface area (Å²) in [6.45, 7) is 2.21. The van der Waals surface area contributed by atoms with Crippen LogP contribution in [-0.4, -0.2) is 240 Å². The molecular weight excluding hydrogens is 1250 g/mol. The number of amides is 11. The molecule has 22 nitrogen and oxygen atoms in total. The Morgan fingerprint density at radius 1 is 0.537 bits per heavy atom. The first kappa shape index (κ1) is 76.6. The Hall–Kier alpha value is -5.75. The lowest BCUT2D eigenvalue weighted by atomic mass is 9.78. The van der Waals surface area contributed by atoms with Gasteiger partial charge in [0, 0.05) is 74.2 Å². The summed E-state index contributed by atoms with van der Waals surface area (Å²) in [5, 5.41) is 7.64. The van der Waals surface area contributed by atoms with E-state index >= 15 is 24.0 Å². The predicted molar refractivity (Wildman–Crippen MR) is 352 cm³/mol. The van der Waals surface area contributed by atoms with Crippen LogP contribution in [0, 0.1) is 35.5 Å². The van der Waals surface area contributed by atoms with Gasteiger partial charge >= 0.3 is 6.18 Å². The molecule has 7 aliphatic rings. The number of rotatable bonds is 10. The minimum Gasteiger partial charge on any atom is -0.344 e. The van der Waals surface area contributed by atoms with Crippen molar-refractivity contribution in [1.82, 2.24) is 55.1 Å². The number of hydrogen-bond acceptors (Lipinski definition) is 11. The summed E-state index contributed by atoms with van der Waals surface area (Å²) in [5.74, 6) is -8.57. The van der Waals surface area contributed by atoms with E-state index in [1.165, 1.54) is 62.5 Å². The fraction of sp³-hybridized carbons (Fsp3) is 0.841. The van der Waals surface area contributed by atoms with E-state index in [0.717, 1.165) is 81.9 Å². The fourth-order valence-corrected chi connectivity index (χ4v) is 16.9. The molecule has 10 atom stereocenters. The van der Waals surface area contributed by atoms with Gasteiger partial charge in [-0.05, 0) is 113 Å². The molecule has 2 heterocycles. The maximum Gasteiger partial charge on any atom is 0.393 e. The maximum absolute atomic E-state index is 15.6. The van der Waals surface area contributed by atoms with E-state index in [-0.39, 0.29) is 113 Å². The second-order valence-corrected chi connectivity index (χ2v) is 30.0. The van der Waals surface area contributed by atoms with E-state index in [9.17, 15) is 41.9 Å². The van der Waals surface area contributed by atoms with Crippen molar-refractivity contribution in [2.24, 2.45) is 35.5 Å². The largest absolute Gasteiger partial charge is 0.393 e. The maximum atomic E-state index is 15.6. The highest BCUT2D eigenvalue weighted by Crippen LogP contribution is 2.44. The van der Waals surface area contributed by atoms with Crippen LogP contribution >= 0.6 is 11.6 Å². The van der Waals surface area contributed by atoms with Gasteiger partial charge in [-0.2, -0.15) is 13.2 Å². The van der Waals surface area contributed by atoms with Gasteiger partial charge in [0.1, 0.15) is 41.8 Å². The van der Waals surface area contributed by atoms with Crippen LogP contribution in [0.3, 0.4) is 0 Å². The summed E-state index contributed by atoms with van der Waals surface area (Å²) in [7, 11) is 10.5. The van der Waals surface area contributed by atoms with Gasteiger partial charge in [0.25, 0.3) is 0 Å². The molecule has 3 unspecified atom stereocenters. The third-order valence-electron chi connectivity index (χ3n) is 22.7. The Morgan fingerprint density at radius 3 is 1.67 bits per heavy atom. The number of alkyl halides is 4. The van der Waals surface area contributed by atoms with E-state index < -0.39 is 138 Å². The van der Waals surface area contributed by atoms with Crippen molar-refractivity contribution < 1.29 is 65.9 Å². The summed E-state index contributed by atoms with van der Waals surface area (Å²) >= 11 is 6.40. The molecular formula is C69H111ClF3N11O11. The van der Waals surface area contributed by atoms with Crippen LogP contribution in [0.2, 0.25) is 0 Å². The fourth-order valence-electron chi connectivity index (χ4n) is 16.4. The highest BCUT2D eigenvalue weighted by atomic mass is 35.5. The molecule has 2 aliphatic heterocycles. The van der Waals surface area contributed by atoms with E-state index in [0.29, 0.717) is 44.9 Å². The normalized spacial score (nSPS) is 30.3. The second kappa shape index (κ2) is 34.6. The number of carbonyl (C=O) groups excluding carboxylic acids is 11. The van der Waals surface area contributed by atoms with Crippen LogP contribution in [-0.2, 0) is 52.7 Å². The molecule has 0 bridgehead atoms. The standard InChI is InChI=1S/C69H111ClF3N11O11/c1-10-44(2)59-65(93)80(6)42-57(87)78(4)43-58(88)81(7)53(39-45-22-13-11-14-23-45)64(92)79(5)41-56(86)74-51(32-30-47-29-31-49(50(70)38-47)69(71,72)73)62(90)84-36-21-28-52(84)61(89)76-68(34-19-20-35-68)67(95)83(9)60(48-26-17-18-27-48)66(94)82(8)54(40-46-24-15-12-16-25-46)63(91)77(3)37-33-55(85)75-59/h44-54,59-60H,10-43H2,1-9H3,(H,74,86)(H,75,85)(H,76,89)/t44-,47?,49?,50?,51-,52-,53-,54+,59-,60-/m0/s1. The van der Waals surface area contributed by atoms with E-state index in [2.05, 4.69) is 16.0 Å². The van der Waals surface area contributed by atoms with Gasteiger partial charge in [0.05, 0.1) is 25.6 Å². The summed E-state index contributed by atoms with van der Waals surface area (Å²) in [6.07, 6.45) is 11.0. The predicted octanol–water partition coefficient (Wildman–Crippen LogP) is 6.64. The van der Waals surface area contributed by atoms with Crippen molar-refractivity contribution in [3.05, 3.63) is 0 Å². The third-order valence-corrected chi connectivity index (χ3v) is 23.1. The molecule has 3 N–H and O–H groups in total. The summed E-state index contributed by atoms with van der Waals surface area (Å²) in [6, 6.07) is -6.52. The van der Waals surface area contributed by atoms with Gasteiger partial charge in [0.15, 0.2) is 0 Å². The van der Waals surface area contributed by atoms with Crippen LogP contribution in [0.25, 0.3) is 0 Å². The van der Waals surface area contributed by atoms with Crippen molar-refractivity contribution in [2.45, 2.75) is 253 Å². The molecule has 0 aromatic rings. The van der Waals surface area contributed by atoms with Crippen molar-refractivity contribution in [3.63, 3.8) is 0 Å². The number of nitrogens with zero attached hydrogens (tertiary/aromatic N) is 8. The first-order valence-corrected chi connectivity index (χ1v) is 36.1. The molecule has 536 valence electrons. The Kier molecular flexibility index (Phi) is 27.9. The summed E-state index contributed by atoms with van der Waals surface area (Å²) < 4.78 is 41.9. The minimum absolute atomic E-state index is 0.0200. The molecule has 0 aromatic carbocycles. The van der Waals surface area contributed by atoms with E-state index in [1.54, 1.807) is 28.1 Å². The molecule has 0 aromatic heterocycles. The Morgan fingerprint density at radius 2 is 1.09 bits per heavy atom. The van der Waals surface area contributed by atoms with Crippen molar-refractivity contribution in [1.29, 1.82) is 0 Å². The quantitative estimate of drug-likeness (QED) is 0.196. The SMILES string of the molecule is CC[C@H](C)[C@@H]1NC(=O)CCN(C)C(=O)[C@@H](CC2CCCCC2)N(C)C(=O)[C@H](C2CCCC2)N(C)C(=O)C2(CCCC2)NC(=O)[C@@H]2CCCN2C(=O)[C@H](CCC2CCC(C(F)(F)F)C(Cl)C2)NC(=O)CN(C)C(=O)[C@H](CC2CCCCC2)N(C)C(=O)CN(C)C(=O)CN(C)C1=O. The van der Waals surface area contributed by atoms with Crippen LogP contribution in [0.15, 0.2) is 0 Å². The molecule has 7 rings (SSSR count). The van der Waals surface area contributed by atoms with Gasteiger partial charge in [-0.1, -0.05) is 110 Å². The number of likely N-dealkylation sites (N-methyl/N-ethyl adjacent to an activating group) is 7. The first-order valence-electron chi connectivity index (χ1n) is 35.7. The number of fused-ring (bicyclic) bond motifs is 1. The zero-order chi connectivity index (χ0) is 69.6. The Labute approximate surface area is 566 Å². The number of nitrogens with one attached hydrogen (secondary N) is 3. The number of hydrogen-bond donors (Lipinski definition) is 3. The molecule has 2 saturated heterocycles. The van der Waals surface area contributed by atoms with Gasteiger partial charge in [-0.25, -0.2) is 0 Å². The number of halogens is 4. The smallest absolute Gasteiger partial charge is 0.344 e. The van der Waals surface area contributed by atoms with Crippen molar-refractivity contribution in [2.75, 3.05) is 82.1 Å². The molecule has 1 spiro atoms. The van der Waals surface area contributed by atoms with E-state index in [1.807, 2.05) is 6.92 Å². The molecule has 7 fully saturated rings. The van der Waals surface area contributed by atoms with Crippen LogP contribution < -0.4 is 16.0 Å².